The number of hydrogen-bond donors (Lipinski definition) is 1. The number of halogens is 1. The third-order valence-electron chi connectivity index (χ3n) is 4.25. The standard InChI is InChI=1S/C18H18FN3O3/c1-12(23)13-5-6-16(14(19)11-13)21-7-9-22(10-8-21)17-4-2-3-15(20-17)18(24)25/h2-6,11H,7-10H2,1H3,(H,24,25). The van der Waals surface area contributed by atoms with Crippen LogP contribution in [0.15, 0.2) is 36.4 Å². The lowest BCUT2D eigenvalue weighted by Crippen LogP contribution is -2.47. The van der Waals surface area contributed by atoms with Gasteiger partial charge in [-0.1, -0.05) is 6.07 Å². The van der Waals surface area contributed by atoms with E-state index in [0.29, 0.717) is 43.2 Å². The number of carboxylic acids is 1. The molecule has 0 atom stereocenters. The maximum absolute atomic E-state index is 14.3. The van der Waals surface area contributed by atoms with Crippen molar-refractivity contribution in [2.24, 2.45) is 0 Å². The van der Waals surface area contributed by atoms with Crippen molar-refractivity contribution in [3.63, 3.8) is 0 Å². The third-order valence-corrected chi connectivity index (χ3v) is 4.25. The van der Waals surface area contributed by atoms with Gasteiger partial charge in [-0.25, -0.2) is 14.2 Å². The summed E-state index contributed by atoms with van der Waals surface area (Å²) in [7, 11) is 0. The van der Waals surface area contributed by atoms with Crippen molar-refractivity contribution in [1.82, 2.24) is 4.98 Å². The second-order valence-electron chi connectivity index (χ2n) is 5.88. The van der Waals surface area contributed by atoms with Crippen LogP contribution in [0.1, 0.15) is 27.8 Å². The van der Waals surface area contributed by atoms with Crippen molar-refractivity contribution in [1.29, 1.82) is 0 Å². The molecule has 0 bridgehead atoms. The van der Waals surface area contributed by atoms with Gasteiger partial charge in [-0.2, -0.15) is 0 Å². The highest BCUT2D eigenvalue weighted by Crippen LogP contribution is 2.23. The SMILES string of the molecule is CC(=O)c1ccc(N2CCN(c3cccc(C(=O)O)n3)CC2)c(F)c1. The summed E-state index contributed by atoms with van der Waals surface area (Å²) in [6.07, 6.45) is 0. The number of nitrogens with zero attached hydrogens (tertiary/aromatic N) is 3. The molecule has 0 amide bonds. The summed E-state index contributed by atoms with van der Waals surface area (Å²) in [5, 5.41) is 9.04. The Bertz CT molecular complexity index is 817. The normalized spacial score (nSPS) is 14.5. The molecule has 0 spiro atoms. The number of rotatable bonds is 4. The molecule has 1 aliphatic rings. The molecule has 0 saturated carbocycles. The van der Waals surface area contributed by atoms with Crippen molar-refractivity contribution < 1.29 is 19.1 Å². The van der Waals surface area contributed by atoms with Crippen LogP contribution >= 0.6 is 0 Å². The van der Waals surface area contributed by atoms with E-state index < -0.39 is 11.8 Å². The van der Waals surface area contributed by atoms with Crippen LogP contribution in [0, 0.1) is 5.82 Å². The maximum Gasteiger partial charge on any atom is 0.354 e. The predicted molar refractivity (Wildman–Crippen MR) is 92.0 cm³/mol. The molecular weight excluding hydrogens is 325 g/mol. The molecule has 2 aromatic rings. The summed E-state index contributed by atoms with van der Waals surface area (Å²) in [6.45, 7) is 3.77. The number of Topliss-reactive ketones (excluding diaryl/α,β-unsaturated/α-hetero) is 1. The summed E-state index contributed by atoms with van der Waals surface area (Å²) in [5.74, 6) is -1.04. The number of benzene rings is 1. The van der Waals surface area contributed by atoms with E-state index >= 15 is 0 Å². The van der Waals surface area contributed by atoms with Gasteiger partial charge in [-0.05, 0) is 37.3 Å². The maximum atomic E-state index is 14.3. The molecule has 1 N–H and O–H groups in total. The van der Waals surface area contributed by atoms with Gasteiger partial charge in [-0.3, -0.25) is 4.79 Å². The fourth-order valence-electron chi connectivity index (χ4n) is 2.88. The van der Waals surface area contributed by atoms with Gasteiger partial charge in [0, 0.05) is 31.7 Å². The van der Waals surface area contributed by atoms with E-state index in [1.807, 2.05) is 9.80 Å². The number of carbonyl (C=O) groups is 2. The van der Waals surface area contributed by atoms with Gasteiger partial charge in [0.05, 0.1) is 5.69 Å². The highest BCUT2D eigenvalue weighted by atomic mass is 19.1. The van der Waals surface area contributed by atoms with Crippen molar-refractivity contribution >= 4 is 23.3 Å². The van der Waals surface area contributed by atoms with Gasteiger partial charge in [0.1, 0.15) is 11.6 Å². The van der Waals surface area contributed by atoms with E-state index in [9.17, 15) is 14.0 Å². The quantitative estimate of drug-likeness (QED) is 0.860. The van der Waals surface area contributed by atoms with Gasteiger partial charge < -0.3 is 14.9 Å². The second-order valence-corrected chi connectivity index (χ2v) is 5.88. The fourth-order valence-corrected chi connectivity index (χ4v) is 2.88. The van der Waals surface area contributed by atoms with Crippen molar-refractivity contribution in [3.8, 4) is 0 Å². The number of hydrogen-bond acceptors (Lipinski definition) is 5. The first kappa shape index (κ1) is 16.9. The Balaban J connectivity index is 1.71. The van der Waals surface area contributed by atoms with Gasteiger partial charge in [0.15, 0.2) is 11.5 Å². The van der Waals surface area contributed by atoms with E-state index in [4.69, 9.17) is 5.11 Å². The molecule has 25 heavy (non-hydrogen) atoms. The van der Waals surface area contributed by atoms with Crippen LogP contribution in [0.2, 0.25) is 0 Å². The molecule has 1 aromatic heterocycles. The molecule has 1 aliphatic heterocycles. The summed E-state index contributed by atoms with van der Waals surface area (Å²) in [6, 6.07) is 9.41. The Morgan fingerprint density at radius 2 is 1.76 bits per heavy atom. The molecule has 7 heteroatoms. The molecule has 0 unspecified atom stereocenters. The van der Waals surface area contributed by atoms with Crippen molar-refractivity contribution in [3.05, 3.63) is 53.5 Å². The van der Waals surface area contributed by atoms with E-state index in [1.54, 1.807) is 24.3 Å². The van der Waals surface area contributed by atoms with Gasteiger partial charge >= 0.3 is 5.97 Å². The number of anilines is 2. The predicted octanol–water partition coefficient (Wildman–Crippen LogP) is 2.45. The zero-order valence-electron chi connectivity index (χ0n) is 13.8. The molecular formula is C18H18FN3O3. The smallest absolute Gasteiger partial charge is 0.354 e. The molecule has 1 saturated heterocycles. The highest BCUT2D eigenvalue weighted by molar-refractivity contribution is 5.94. The molecule has 3 rings (SSSR count). The van der Waals surface area contributed by atoms with E-state index in [-0.39, 0.29) is 11.5 Å². The number of piperazine rings is 1. The molecule has 0 radical (unpaired) electrons. The summed E-state index contributed by atoms with van der Waals surface area (Å²) in [4.78, 5) is 30.4. The first-order valence-corrected chi connectivity index (χ1v) is 7.96. The lowest BCUT2D eigenvalue weighted by Gasteiger charge is -2.37. The number of ketones is 1. The Morgan fingerprint density at radius 1 is 1.08 bits per heavy atom. The first-order valence-electron chi connectivity index (χ1n) is 7.96. The third kappa shape index (κ3) is 3.60. The summed E-state index contributed by atoms with van der Waals surface area (Å²) >= 11 is 0. The molecule has 6 nitrogen and oxygen atoms in total. The van der Waals surface area contributed by atoms with Crippen molar-refractivity contribution in [2.45, 2.75) is 6.92 Å². The zero-order chi connectivity index (χ0) is 18.0. The summed E-state index contributed by atoms with van der Waals surface area (Å²) < 4.78 is 14.3. The number of aromatic carboxylic acids is 1. The number of carboxylic acid groups (broad SMARTS) is 1. The zero-order valence-corrected chi connectivity index (χ0v) is 13.8. The van der Waals surface area contributed by atoms with Gasteiger partial charge in [-0.15, -0.1) is 0 Å². The van der Waals surface area contributed by atoms with Crippen LogP contribution in [0.4, 0.5) is 15.9 Å². The van der Waals surface area contributed by atoms with Crippen LogP contribution in [0.5, 0.6) is 0 Å². The van der Waals surface area contributed by atoms with Gasteiger partial charge in [0.2, 0.25) is 0 Å². The van der Waals surface area contributed by atoms with Crippen LogP contribution < -0.4 is 9.80 Å². The molecule has 2 heterocycles. The largest absolute Gasteiger partial charge is 0.477 e. The Kier molecular flexibility index (Phi) is 4.65. The topological polar surface area (TPSA) is 73.7 Å². The Hall–Kier alpha value is -2.96. The fraction of sp³-hybridized carbons (Fsp3) is 0.278. The summed E-state index contributed by atoms with van der Waals surface area (Å²) in [5.41, 5.74) is 0.831. The van der Waals surface area contributed by atoms with Crippen LogP contribution in [0.25, 0.3) is 0 Å². The van der Waals surface area contributed by atoms with Crippen molar-refractivity contribution in [2.75, 3.05) is 36.0 Å². The average molecular weight is 343 g/mol. The molecule has 1 aromatic carbocycles. The minimum atomic E-state index is -1.06. The van der Waals surface area contributed by atoms with E-state index in [2.05, 4.69) is 4.98 Å². The number of pyridine rings is 1. The second kappa shape index (κ2) is 6.88. The lowest BCUT2D eigenvalue weighted by molar-refractivity contribution is 0.0690. The Labute approximate surface area is 144 Å². The Morgan fingerprint density at radius 3 is 2.36 bits per heavy atom. The monoisotopic (exact) mass is 343 g/mol. The minimum absolute atomic E-state index is 0.00537. The van der Waals surface area contributed by atoms with Crippen LogP contribution in [-0.4, -0.2) is 48.0 Å². The first-order chi connectivity index (χ1) is 12.0. The van der Waals surface area contributed by atoms with Gasteiger partial charge in [0.25, 0.3) is 0 Å². The number of aromatic nitrogens is 1. The molecule has 0 aliphatic carbocycles. The van der Waals surface area contributed by atoms with E-state index in [1.165, 1.54) is 19.1 Å². The highest BCUT2D eigenvalue weighted by Gasteiger charge is 2.21. The molecule has 130 valence electrons. The van der Waals surface area contributed by atoms with Crippen LogP contribution in [0.3, 0.4) is 0 Å². The number of carbonyl (C=O) groups excluding carboxylic acids is 1. The van der Waals surface area contributed by atoms with E-state index in [0.717, 1.165) is 0 Å². The molecule has 1 fully saturated rings. The van der Waals surface area contributed by atoms with Crippen LogP contribution in [-0.2, 0) is 0 Å². The minimum Gasteiger partial charge on any atom is -0.477 e. The lowest BCUT2D eigenvalue weighted by atomic mass is 10.1. The average Bonchev–Trinajstić information content (AvgIpc) is 2.62.